The van der Waals surface area contributed by atoms with Crippen molar-refractivity contribution in [2.75, 3.05) is 0 Å². The summed E-state index contributed by atoms with van der Waals surface area (Å²) in [6.45, 7) is 47.8. The second-order valence-corrected chi connectivity index (χ2v) is 29.3. The van der Waals surface area contributed by atoms with Gasteiger partial charge in [-0.2, -0.15) is 0 Å². The fourth-order valence-corrected chi connectivity index (χ4v) is 17.7. The molecule has 0 N–H and O–H groups in total. The van der Waals surface area contributed by atoms with E-state index < -0.39 is 0 Å². The van der Waals surface area contributed by atoms with E-state index in [0.717, 1.165) is 154 Å². The molecule has 8 fully saturated rings. The van der Waals surface area contributed by atoms with Crippen LogP contribution in [0, 0.1) is 243 Å². The third-order valence-corrected chi connectivity index (χ3v) is 24.9. The van der Waals surface area contributed by atoms with E-state index in [-0.39, 0.29) is 167 Å². The van der Waals surface area contributed by atoms with Gasteiger partial charge in [-0.3, -0.25) is 0 Å². The van der Waals surface area contributed by atoms with Crippen molar-refractivity contribution in [2.45, 2.75) is 228 Å². The van der Waals surface area contributed by atoms with Gasteiger partial charge in [0, 0.05) is 0 Å². The molecule has 87 heavy (non-hydrogen) atoms. The molecule has 3 heteroatoms. The SMILES string of the molecule is CC(C)CC1CCC2C=C3CCCC3=CC21.CC(C)CC1CCC2C=CC=CC21.CC1C(C)C(C)C(C)C1C.CC1C(C)C(C)C(C)C1C.CC1C(C)C(C)C(C)C1C.CC1CCC2C=C3CCCC3=CC12.[CH3-].[CH3-].[CH3-].[CH3-].[CH3-].[CH3-].[CH3-].[CH3-].[CH3-].[CH3-].[CH3-].[CH3-].[Hf+4].[Hf+4].[Hf+4]. The molecular weight excluding hydrogens is 1540 g/mol. The summed E-state index contributed by atoms with van der Waals surface area (Å²) in [5, 5.41) is 0. The van der Waals surface area contributed by atoms with Crippen LogP contribution in [0.15, 0.2) is 70.9 Å². The summed E-state index contributed by atoms with van der Waals surface area (Å²) in [6, 6.07) is 0. The summed E-state index contributed by atoms with van der Waals surface area (Å²) in [5.74, 6) is 24.0. The van der Waals surface area contributed by atoms with Crippen LogP contribution in [0.1, 0.15) is 228 Å². The molecule has 11 aliphatic rings. The average molecular weight is 1700 g/mol. The first kappa shape index (κ1) is 110. The maximum atomic E-state index is 2.67. The predicted molar refractivity (Wildman–Crippen MR) is 396 cm³/mol. The van der Waals surface area contributed by atoms with E-state index in [4.69, 9.17) is 0 Å². The Bertz CT molecular complexity index is 1670. The van der Waals surface area contributed by atoms with Gasteiger partial charge in [-0.05, 0) is 266 Å². The van der Waals surface area contributed by atoms with Crippen LogP contribution in [0.4, 0.5) is 0 Å². The maximum Gasteiger partial charge on any atom is 4.00 e. The predicted octanol–water partition coefficient (Wildman–Crippen LogP) is 27.2. The van der Waals surface area contributed by atoms with E-state index in [0.29, 0.717) is 0 Å². The summed E-state index contributed by atoms with van der Waals surface area (Å²) in [7, 11) is 0. The quantitative estimate of drug-likeness (QED) is 0.194. The molecular formula is C84H158Hf3. The smallest absolute Gasteiger partial charge is 0.358 e. The van der Waals surface area contributed by atoms with Crippen molar-refractivity contribution in [3.63, 3.8) is 0 Å². The molecule has 0 bridgehead atoms. The van der Waals surface area contributed by atoms with Gasteiger partial charge in [0.05, 0.1) is 0 Å². The minimum Gasteiger partial charge on any atom is -0.358 e. The van der Waals surface area contributed by atoms with Gasteiger partial charge in [0.15, 0.2) is 0 Å². The summed E-state index contributed by atoms with van der Waals surface area (Å²) < 4.78 is 0. The van der Waals surface area contributed by atoms with Crippen molar-refractivity contribution in [3.05, 3.63) is 160 Å². The second-order valence-electron chi connectivity index (χ2n) is 29.3. The average Bonchev–Trinajstić information content (AvgIpc) is 4.28. The zero-order valence-electron chi connectivity index (χ0n) is 65.0. The van der Waals surface area contributed by atoms with Crippen LogP contribution >= 0.6 is 0 Å². The maximum absolute atomic E-state index is 2.67. The first-order valence-corrected chi connectivity index (χ1v) is 32.2. The molecule has 0 aliphatic heterocycles. The molecule has 9 unspecified atom stereocenters. The number of hydrogen-bond donors (Lipinski definition) is 0. The number of rotatable bonds is 4. The van der Waals surface area contributed by atoms with Crippen molar-refractivity contribution in [1.29, 1.82) is 0 Å². The minimum absolute atomic E-state index is 0. The molecule has 11 rings (SSSR count). The van der Waals surface area contributed by atoms with Crippen molar-refractivity contribution < 1.29 is 77.5 Å². The first-order valence-electron chi connectivity index (χ1n) is 32.2. The van der Waals surface area contributed by atoms with E-state index >= 15 is 0 Å². The number of fused-ring (bicyclic) bond motifs is 5. The molecule has 0 spiro atoms. The fraction of sp³-hybridized carbons (Fsp3) is 0.714. The van der Waals surface area contributed by atoms with Gasteiger partial charge in [-0.1, -0.05) is 187 Å². The Hall–Kier alpha value is 1.05. The van der Waals surface area contributed by atoms with Gasteiger partial charge in [0.25, 0.3) is 0 Å². The Balaban J connectivity index is -0.0000000996. The second kappa shape index (κ2) is 50.4. The zero-order chi connectivity index (χ0) is 52.9. The van der Waals surface area contributed by atoms with Crippen molar-refractivity contribution in [3.8, 4) is 0 Å². The monoisotopic (exact) mass is 1710 g/mol. The van der Waals surface area contributed by atoms with Gasteiger partial charge in [0.1, 0.15) is 0 Å². The molecule has 8 saturated carbocycles. The van der Waals surface area contributed by atoms with Crippen LogP contribution in [0.5, 0.6) is 0 Å². The van der Waals surface area contributed by atoms with Crippen LogP contribution in [-0.4, -0.2) is 0 Å². The van der Waals surface area contributed by atoms with Gasteiger partial charge in [-0.25, -0.2) is 0 Å². The molecule has 0 radical (unpaired) electrons. The van der Waals surface area contributed by atoms with E-state index in [2.05, 4.69) is 187 Å². The molecule has 0 heterocycles. The van der Waals surface area contributed by atoms with Gasteiger partial charge in [0.2, 0.25) is 0 Å². The van der Waals surface area contributed by atoms with Crippen LogP contribution in [0.25, 0.3) is 0 Å². The van der Waals surface area contributed by atoms with Crippen LogP contribution in [0.3, 0.4) is 0 Å². The molecule has 0 aromatic heterocycles. The zero-order valence-corrected chi connectivity index (χ0v) is 75.8. The minimum atomic E-state index is 0. The van der Waals surface area contributed by atoms with Crippen molar-refractivity contribution in [2.24, 2.45) is 154 Å². The van der Waals surface area contributed by atoms with Crippen molar-refractivity contribution >= 4 is 0 Å². The van der Waals surface area contributed by atoms with Gasteiger partial charge >= 0.3 is 77.5 Å². The molecule has 0 aromatic rings. The summed E-state index contributed by atoms with van der Waals surface area (Å²) >= 11 is 0. The largest absolute Gasteiger partial charge is 4.00 e. The Kier molecular flexibility index (Phi) is 63.5. The van der Waals surface area contributed by atoms with E-state index in [1.807, 2.05) is 0 Å². The van der Waals surface area contributed by atoms with Crippen LogP contribution in [-0.2, 0) is 77.5 Å². The number of allylic oxidation sites excluding steroid dienone is 12. The molecule has 0 saturated heterocycles. The Morgan fingerprint density at radius 1 is 0.287 bits per heavy atom. The Morgan fingerprint density at radius 2 is 0.529 bits per heavy atom. The Morgan fingerprint density at radius 3 is 0.839 bits per heavy atom. The number of hydrogen-bond acceptors (Lipinski definition) is 0. The van der Waals surface area contributed by atoms with Gasteiger partial charge in [-0.15, -0.1) is 0 Å². The summed E-state index contributed by atoms with van der Waals surface area (Å²) in [6.07, 6.45) is 39.7. The molecule has 0 amide bonds. The topological polar surface area (TPSA) is 0 Å². The van der Waals surface area contributed by atoms with Crippen LogP contribution in [0.2, 0.25) is 0 Å². The first-order chi connectivity index (χ1) is 34.0. The Labute approximate surface area is 614 Å². The molecule has 9 atom stereocenters. The van der Waals surface area contributed by atoms with E-state index in [9.17, 15) is 0 Å². The third-order valence-electron chi connectivity index (χ3n) is 24.9. The fourth-order valence-electron chi connectivity index (χ4n) is 17.7. The summed E-state index contributed by atoms with van der Waals surface area (Å²) in [5.41, 5.74) is 6.84. The third kappa shape index (κ3) is 27.6. The van der Waals surface area contributed by atoms with Gasteiger partial charge < -0.3 is 89.1 Å². The van der Waals surface area contributed by atoms with Crippen molar-refractivity contribution in [1.82, 2.24) is 0 Å². The van der Waals surface area contributed by atoms with Crippen LogP contribution < -0.4 is 0 Å². The normalized spacial score (nSPS) is 37.8. The molecule has 11 aliphatic carbocycles. The summed E-state index contributed by atoms with van der Waals surface area (Å²) in [4.78, 5) is 0. The van der Waals surface area contributed by atoms with E-state index in [1.165, 1.54) is 89.9 Å². The molecule has 506 valence electrons. The molecule has 0 nitrogen and oxygen atoms in total. The standard InChI is InChI=1S/C16H24.C13H18.C13H20.3C10H20.12CH3.3Hf/c1-11(2)8-14-6-7-15-9-12-4-3-5-13(12)10-16(14)15;1-9-5-6-12-7-10-3-2-4-11(10)8-13(9)12;1-10(2)9-12-8-7-11-5-3-4-6-13(11)12;3*1-6-7(2)9(4)10(5)8(6)3;;;;;;;;;;;;;;;/h9-11,14-16H,3-8H2,1-2H3;7-9,12-13H,2-6H2,1H3;3-6,10-13H,7-9H2,1-2H3;3*6-10H,1-5H3;12*1H3;;;/q;;;;;;12*-1;3*+4. The van der Waals surface area contributed by atoms with E-state index in [1.54, 1.807) is 22.3 Å². The molecule has 0 aromatic carbocycles.